The van der Waals surface area contributed by atoms with Crippen molar-refractivity contribution in [2.24, 2.45) is 0 Å². The molecule has 1 fully saturated rings. The summed E-state index contributed by atoms with van der Waals surface area (Å²) in [7, 11) is -1.65. The normalized spacial score (nSPS) is 16.2. The van der Waals surface area contributed by atoms with Crippen molar-refractivity contribution in [1.82, 2.24) is 14.1 Å². The Kier molecular flexibility index (Phi) is 6.54. The number of thiophene rings is 1. The van der Waals surface area contributed by atoms with Crippen LogP contribution in [0.2, 0.25) is 0 Å². The largest absolute Gasteiger partial charge is 0.339 e. The van der Waals surface area contributed by atoms with Crippen LogP contribution >= 0.6 is 11.3 Å². The molecule has 1 aliphatic rings. The molecule has 28 heavy (non-hydrogen) atoms. The molecule has 0 unspecified atom stereocenters. The van der Waals surface area contributed by atoms with Crippen LogP contribution in [-0.2, 0) is 21.4 Å². The molecule has 0 spiro atoms. The molecule has 8 heteroatoms. The van der Waals surface area contributed by atoms with Crippen LogP contribution in [0.4, 0.5) is 0 Å². The lowest BCUT2D eigenvalue weighted by Crippen LogP contribution is -2.51. The Balaban J connectivity index is 1.53. The zero-order valence-corrected chi connectivity index (χ0v) is 18.2. The first kappa shape index (κ1) is 21.0. The Labute approximate surface area is 171 Å². The molecule has 0 N–H and O–H groups in total. The van der Waals surface area contributed by atoms with E-state index in [2.05, 4.69) is 13.0 Å². The quantitative estimate of drug-likeness (QED) is 0.718. The lowest BCUT2D eigenvalue weighted by atomic mass is 10.2. The molecule has 6 nitrogen and oxygen atoms in total. The smallest absolute Gasteiger partial charge is 0.243 e. The van der Waals surface area contributed by atoms with Crippen LogP contribution < -0.4 is 0 Å². The second kappa shape index (κ2) is 8.73. The predicted octanol–water partition coefficient (Wildman–Crippen LogP) is 2.33. The van der Waals surface area contributed by atoms with E-state index in [1.54, 1.807) is 28.4 Å². The van der Waals surface area contributed by atoms with Crippen molar-refractivity contribution in [3.8, 4) is 0 Å². The number of likely N-dealkylation sites (N-methyl/N-ethyl adjacent to an activating group) is 1. The molecule has 1 saturated heterocycles. The average Bonchev–Trinajstić information content (AvgIpc) is 3.07. The number of amides is 1. The molecular weight excluding hydrogens is 394 g/mol. The number of benzene rings is 1. The summed E-state index contributed by atoms with van der Waals surface area (Å²) in [6.07, 6.45) is 0. The van der Waals surface area contributed by atoms with Gasteiger partial charge in [0.15, 0.2) is 0 Å². The van der Waals surface area contributed by atoms with Gasteiger partial charge in [-0.25, -0.2) is 8.42 Å². The van der Waals surface area contributed by atoms with E-state index < -0.39 is 10.0 Å². The molecule has 0 radical (unpaired) electrons. The molecule has 0 bridgehead atoms. The second-order valence-corrected chi connectivity index (χ2v) is 10.2. The fraction of sp³-hybridized carbons (Fsp3) is 0.450. The molecule has 2 heterocycles. The number of nitrogens with zero attached hydrogens (tertiary/aromatic N) is 3. The third kappa shape index (κ3) is 4.81. The molecule has 0 atom stereocenters. The van der Waals surface area contributed by atoms with E-state index >= 15 is 0 Å². The molecular formula is C20H27N3O3S2. The van der Waals surface area contributed by atoms with Gasteiger partial charge in [-0.15, -0.1) is 11.3 Å². The van der Waals surface area contributed by atoms with Gasteiger partial charge < -0.3 is 4.90 Å². The molecule has 1 amide bonds. The number of carbonyl (C=O) groups excluding carboxylic acids is 1. The summed E-state index contributed by atoms with van der Waals surface area (Å²) in [5.74, 6) is 0.0580. The first-order valence-electron chi connectivity index (χ1n) is 9.33. The van der Waals surface area contributed by atoms with Crippen molar-refractivity contribution in [1.29, 1.82) is 0 Å². The first-order chi connectivity index (χ1) is 13.3. The van der Waals surface area contributed by atoms with Crippen molar-refractivity contribution < 1.29 is 13.2 Å². The van der Waals surface area contributed by atoms with E-state index in [0.717, 1.165) is 5.56 Å². The van der Waals surface area contributed by atoms with Gasteiger partial charge in [0.25, 0.3) is 0 Å². The predicted molar refractivity (Wildman–Crippen MR) is 112 cm³/mol. The number of piperazine rings is 1. The summed E-state index contributed by atoms with van der Waals surface area (Å²) in [5.41, 5.74) is 2.24. The van der Waals surface area contributed by atoms with E-state index in [4.69, 9.17) is 0 Å². The summed E-state index contributed by atoms with van der Waals surface area (Å²) in [5, 5.41) is 2.04. The Morgan fingerprint density at radius 3 is 2.29 bits per heavy atom. The number of carbonyl (C=O) groups is 1. The topological polar surface area (TPSA) is 60.9 Å². The highest BCUT2D eigenvalue weighted by Gasteiger charge is 2.29. The summed E-state index contributed by atoms with van der Waals surface area (Å²) in [4.78, 5) is 17.8. The van der Waals surface area contributed by atoms with Crippen molar-refractivity contribution >= 4 is 27.3 Å². The first-order valence-corrected chi connectivity index (χ1v) is 11.7. The van der Waals surface area contributed by atoms with Crippen LogP contribution in [0.1, 0.15) is 16.0 Å². The number of hydrogen-bond acceptors (Lipinski definition) is 5. The summed E-state index contributed by atoms with van der Waals surface area (Å²) in [6.45, 7) is 6.84. The second-order valence-electron chi connectivity index (χ2n) is 7.27. The molecule has 1 aliphatic heterocycles. The highest BCUT2D eigenvalue weighted by Crippen LogP contribution is 2.19. The molecule has 152 valence electrons. The third-order valence-corrected chi connectivity index (χ3v) is 8.04. The van der Waals surface area contributed by atoms with Crippen LogP contribution in [0.15, 0.2) is 40.6 Å². The molecule has 3 rings (SSSR count). The highest BCUT2D eigenvalue weighted by molar-refractivity contribution is 7.89. The van der Waals surface area contributed by atoms with Gasteiger partial charge in [-0.2, -0.15) is 4.31 Å². The summed E-state index contributed by atoms with van der Waals surface area (Å²) in [6, 6.07) is 9.00. The van der Waals surface area contributed by atoms with Crippen LogP contribution in [0.3, 0.4) is 0 Å². The van der Waals surface area contributed by atoms with E-state index in [1.165, 1.54) is 14.7 Å². The van der Waals surface area contributed by atoms with Crippen LogP contribution in [0, 0.1) is 13.8 Å². The number of aryl methyl sites for hydroxylation is 2. The van der Waals surface area contributed by atoms with Gasteiger partial charge in [-0.05, 0) is 43.0 Å². The van der Waals surface area contributed by atoms with Gasteiger partial charge in [0.2, 0.25) is 15.9 Å². The average molecular weight is 422 g/mol. The maximum atomic E-state index is 12.8. The fourth-order valence-corrected chi connectivity index (χ4v) is 5.55. The lowest BCUT2D eigenvalue weighted by Gasteiger charge is -2.34. The zero-order valence-electron chi connectivity index (χ0n) is 16.6. The zero-order chi connectivity index (χ0) is 20.3. The Morgan fingerprint density at radius 1 is 1.07 bits per heavy atom. The molecule has 0 saturated carbocycles. The maximum Gasteiger partial charge on any atom is 0.243 e. The van der Waals surface area contributed by atoms with Gasteiger partial charge >= 0.3 is 0 Å². The Bertz CT molecular complexity index is 914. The number of sulfonamides is 1. The van der Waals surface area contributed by atoms with Crippen molar-refractivity contribution in [2.45, 2.75) is 25.3 Å². The fourth-order valence-electron chi connectivity index (χ4n) is 3.17. The van der Waals surface area contributed by atoms with Crippen LogP contribution in [0.25, 0.3) is 0 Å². The Morgan fingerprint density at radius 2 is 1.71 bits per heavy atom. The van der Waals surface area contributed by atoms with Crippen molar-refractivity contribution in [3.63, 3.8) is 0 Å². The third-order valence-electron chi connectivity index (χ3n) is 5.12. The van der Waals surface area contributed by atoms with E-state index in [9.17, 15) is 13.2 Å². The summed E-state index contributed by atoms with van der Waals surface area (Å²) >= 11 is 1.66. The van der Waals surface area contributed by atoms with E-state index in [-0.39, 0.29) is 5.91 Å². The van der Waals surface area contributed by atoms with Crippen LogP contribution in [-0.4, -0.2) is 68.2 Å². The number of rotatable bonds is 6. The van der Waals surface area contributed by atoms with Gasteiger partial charge in [-0.1, -0.05) is 17.7 Å². The van der Waals surface area contributed by atoms with Gasteiger partial charge in [-0.3, -0.25) is 9.69 Å². The van der Waals surface area contributed by atoms with E-state index in [0.29, 0.717) is 44.2 Å². The SMILES string of the molecule is Cc1ccc(S(=O)(=O)N2CCN(CC(=O)N(C)Cc3sccc3C)CC2)cc1. The van der Waals surface area contributed by atoms with Crippen LogP contribution in [0.5, 0.6) is 0 Å². The molecule has 1 aromatic carbocycles. The minimum absolute atomic E-state index is 0.0580. The van der Waals surface area contributed by atoms with Crippen molar-refractivity contribution in [3.05, 3.63) is 51.7 Å². The molecule has 1 aromatic heterocycles. The minimum atomic E-state index is -3.47. The van der Waals surface area contributed by atoms with Gasteiger partial charge in [0.1, 0.15) is 0 Å². The lowest BCUT2D eigenvalue weighted by molar-refractivity contribution is -0.131. The summed E-state index contributed by atoms with van der Waals surface area (Å²) < 4.78 is 27.1. The van der Waals surface area contributed by atoms with E-state index in [1.807, 2.05) is 36.4 Å². The molecule has 2 aromatic rings. The number of hydrogen-bond donors (Lipinski definition) is 0. The molecule has 0 aliphatic carbocycles. The monoisotopic (exact) mass is 421 g/mol. The van der Waals surface area contributed by atoms with Gasteiger partial charge in [0, 0.05) is 38.1 Å². The maximum absolute atomic E-state index is 12.8. The highest BCUT2D eigenvalue weighted by atomic mass is 32.2. The van der Waals surface area contributed by atoms with Gasteiger partial charge in [0.05, 0.1) is 18.0 Å². The van der Waals surface area contributed by atoms with Crippen molar-refractivity contribution in [2.75, 3.05) is 39.8 Å². The Hall–Kier alpha value is -1.74. The minimum Gasteiger partial charge on any atom is -0.339 e. The standard InChI is InChI=1S/C20H27N3O3S2/c1-16-4-6-18(7-5-16)28(25,26)23-11-9-22(10-12-23)15-20(24)21(3)14-19-17(2)8-13-27-19/h4-8,13H,9-12,14-15H2,1-3H3.